The van der Waals surface area contributed by atoms with Crippen molar-refractivity contribution < 1.29 is 19.0 Å². The summed E-state index contributed by atoms with van der Waals surface area (Å²) in [6.07, 6.45) is 1.37. The third kappa shape index (κ3) is 9.40. The van der Waals surface area contributed by atoms with Crippen molar-refractivity contribution in [1.29, 1.82) is 0 Å². The number of alkyl carbamates (subject to hydrolysis) is 1. The predicted octanol–water partition coefficient (Wildman–Crippen LogP) is 3.06. The van der Waals surface area contributed by atoms with Crippen molar-refractivity contribution in [2.75, 3.05) is 27.8 Å². The molecule has 0 spiro atoms. The van der Waals surface area contributed by atoms with Crippen LogP contribution in [0.25, 0.3) is 0 Å². The van der Waals surface area contributed by atoms with Crippen molar-refractivity contribution in [3.63, 3.8) is 0 Å². The van der Waals surface area contributed by atoms with E-state index in [1.807, 2.05) is 39.0 Å². The van der Waals surface area contributed by atoms with Crippen LogP contribution in [0.4, 0.5) is 4.79 Å². The first-order valence-corrected chi connectivity index (χ1v) is 9.87. The molecule has 0 saturated carbocycles. The Labute approximate surface area is 174 Å². The molecule has 1 atom stereocenters. The van der Waals surface area contributed by atoms with Crippen LogP contribution in [0.5, 0.6) is 11.5 Å². The largest absolute Gasteiger partial charge is 0.493 e. The lowest BCUT2D eigenvalue weighted by Crippen LogP contribution is -2.48. The zero-order valence-electron chi connectivity index (χ0n) is 18.7. The van der Waals surface area contributed by atoms with Crippen LogP contribution in [0.1, 0.15) is 46.1 Å². The molecule has 1 amide bonds. The fraction of sp³-hybridized carbons (Fsp3) is 0.619. The fourth-order valence-electron chi connectivity index (χ4n) is 2.66. The van der Waals surface area contributed by atoms with Gasteiger partial charge in [0.05, 0.1) is 14.2 Å². The van der Waals surface area contributed by atoms with E-state index in [4.69, 9.17) is 14.2 Å². The van der Waals surface area contributed by atoms with Gasteiger partial charge in [0.25, 0.3) is 0 Å². The van der Waals surface area contributed by atoms with Crippen LogP contribution < -0.4 is 25.4 Å². The lowest BCUT2D eigenvalue weighted by atomic mass is 10.1. The average Bonchev–Trinajstić information content (AvgIpc) is 2.66. The van der Waals surface area contributed by atoms with Crippen molar-refractivity contribution in [3.8, 4) is 11.5 Å². The second-order valence-corrected chi connectivity index (χ2v) is 7.63. The van der Waals surface area contributed by atoms with Crippen molar-refractivity contribution in [2.45, 2.75) is 58.7 Å². The van der Waals surface area contributed by atoms with Crippen LogP contribution in [0.3, 0.4) is 0 Å². The number of carbonyl (C=O) groups excluding carboxylic acids is 1. The quantitative estimate of drug-likeness (QED) is 0.430. The van der Waals surface area contributed by atoms with Gasteiger partial charge in [0.15, 0.2) is 17.5 Å². The number of nitrogens with one attached hydrogen (secondary N) is 3. The number of hydrogen-bond donors (Lipinski definition) is 3. The summed E-state index contributed by atoms with van der Waals surface area (Å²) >= 11 is 0. The maximum atomic E-state index is 12.1. The fourth-order valence-corrected chi connectivity index (χ4v) is 2.66. The number of amides is 1. The standard InChI is InChI=1S/C21H36N4O4/c1-8-9-16(25-20(26)29-21(2,3)4)14-24-19(22-5)23-13-15-10-11-17(27-6)18(12-15)28-7/h10-12,16H,8-9,13-14H2,1-7H3,(H,25,26)(H2,22,23,24). The molecule has 0 aromatic heterocycles. The minimum atomic E-state index is -0.523. The molecule has 8 heteroatoms. The van der Waals surface area contributed by atoms with Gasteiger partial charge in [0, 0.05) is 26.2 Å². The Morgan fingerprint density at radius 1 is 1.14 bits per heavy atom. The van der Waals surface area contributed by atoms with E-state index in [1.165, 1.54) is 0 Å². The van der Waals surface area contributed by atoms with Crippen LogP contribution in [0.2, 0.25) is 0 Å². The van der Waals surface area contributed by atoms with Crippen LogP contribution in [0, 0.1) is 0 Å². The maximum Gasteiger partial charge on any atom is 0.407 e. The Balaban J connectivity index is 2.59. The van der Waals surface area contributed by atoms with Crippen LogP contribution in [-0.2, 0) is 11.3 Å². The van der Waals surface area contributed by atoms with E-state index in [1.54, 1.807) is 21.3 Å². The summed E-state index contributed by atoms with van der Waals surface area (Å²) in [4.78, 5) is 16.3. The van der Waals surface area contributed by atoms with Crippen LogP contribution in [-0.4, -0.2) is 51.5 Å². The molecule has 0 bridgehead atoms. The van der Waals surface area contributed by atoms with E-state index in [0.717, 1.165) is 18.4 Å². The second-order valence-electron chi connectivity index (χ2n) is 7.63. The van der Waals surface area contributed by atoms with Crippen molar-refractivity contribution in [3.05, 3.63) is 23.8 Å². The second kappa shape index (κ2) is 12.0. The van der Waals surface area contributed by atoms with Gasteiger partial charge in [-0.25, -0.2) is 4.79 Å². The first-order valence-electron chi connectivity index (χ1n) is 9.87. The van der Waals surface area contributed by atoms with Crippen LogP contribution in [0.15, 0.2) is 23.2 Å². The zero-order chi connectivity index (χ0) is 21.9. The van der Waals surface area contributed by atoms with E-state index < -0.39 is 11.7 Å². The van der Waals surface area contributed by atoms with Gasteiger partial charge in [-0.2, -0.15) is 0 Å². The smallest absolute Gasteiger partial charge is 0.407 e. The highest BCUT2D eigenvalue weighted by Crippen LogP contribution is 2.27. The molecular weight excluding hydrogens is 372 g/mol. The van der Waals surface area contributed by atoms with Crippen molar-refractivity contribution in [1.82, 2.24) is 16.0 Å². The van der Waals surface area contributed by atoms with Gasteiger partial charge in [-0.3, -0.25) is 4.99 Å². The molecule has 0 aliphatic carbocycles. The first kappa shape index (κ1) is 24.4. The van der Waals surface area contributed by atoms with E-state index in [2.05, 4.69) is 27.9 Å². The monoisotopic (exact) mass is 408 g/mol. The molecule has 164 valence electrons. The summed E-state index contributed by atoms with van der Waals surface area (Å²) in [7, 11) is 4.93. The van der Waals surface area contributed by atoms with Gasteiger partial charge in [-0.05, 0) is 44.9 Å². The minimum absolute atomic E-state index is 0.0607. The highest BCUT2D eigenvalue weighted by molar-refractivity contribution is 5.79. The van der Waals surface area contributed by atoms with Gasteiger partial charge in [0.2, 0.25) is 0 Å². The number of hydrogen-bond acceptors (Lipinski definition) is 5. The molecule has 0 heterocycles. The molecule has 1 aromatic rings. The average molecular weight is 409 g/mol. The third-order valence-corrected chi connectivity index (χ3v) is 4.01. The highest BCUT2D eigenvalue weighted by Gasteiger charge is 2.19. The third-order valence-electron chi connectivity index (χ3n) is 4.01. The zero-order valence-corrected chi connectivity index (χ0v) is 18.7. The topological polar surface area (TPSA) is 93.2 Å². The number of ether oxygens (including phenoxy) is 3. The normalized spacial score (nSPS) is 12.7. The van der Waals surface area contributed by atoms with E-state index in [-0.39, 0.29) is 6.04 Å². The SMILES string of the molecule is CCCC(CNC(=NC)NCc1ccc(OC)c(OC)c1)NC(=O)OC(C)(C)C. The Morgan fingerprint density at radius 3 is 2.38 bits per heavy atom. The Hall–Kier alpha value is -2.64. The lowest BCUT2D eigenvalue weighted by Gasteiger charge is -2.24. The minimum Gasteiger partial charge on any atom is -0.493 e. The molecule has 0 fully saturated rings. The molecule has 0 aliphatic heterocycles. The molecule has 1 aromatic carbocycles. The van der Waals surface area contributed by atoms with E-state index in [0.29, 0.717) is 30.5 Å². The van der Waals surface area contributed by atoms with Gasteiger partial charge in [0.1, 0.15) is 5.60 Å². The van der Waals surface area contributed by atoms with Crippen LogP contribution >= 0.6 is 0 Å². The van der Waals surface area contributed by atoms with Crippen molar-refractivity contribution >= 4 is 12.1 Å². The molecular formula is C21H36N4O4. The number of aliphatic imine (C=N–C) groups is 1. The molecule has 3 N–H and O–H groups in total. The number of rotatable bonds is 9. The number of methoxy groups -OCH3 is 2. The predicted molar refractivity (Wildman–Crippen MR) is 116 cm³/mol. The molecule has 0 radical (unpaired) electrons. The Bertz CT molecular complexity index is 671. The molecule has 8 nitrogen and oxygen atoms in total. The van der Waals surface area contributed by atoms with Gasteiger partial charge in [-0.15, -0.1) is 0 Å². The molecule has 0 saturated heterocycles. The van der Waals surface area contributed by atoms with Gasteiger partial charge < -0.3 is 30.2 Å². The summed E-state index contributed by atoms with van der Waals surface area (Å²) < 4.78 is 15.9. The summed E-state index contributed by atoms with van der Waals surface area (Å²) in [5, 5.41) is 9.44. The summed E-state index contributed by atoms with van der Waals surface area (Å²) in [5.74, 6) is 2.01. The summed E-state index contributed by atoms with van der Waals surface area (Å²) in [6.45, 7) is 8.73. The Morgan fingerprint density at radius 2 is 1.83 bits per heavy atom. The van der Waals surface area contributed by atoms with Crippen molar-refractivity contribution in [2.24, 2.45) is 4.99 Å². The number of guanidine groups is 1. The number of benzene rings is 1. The summed E-state index contributed by atoms with van der Waals surface area (Å²) in [6, 6.07) is 5.69. The highest BCUT2D eigenvalue weighted by atomic mass is 16.6. The van der Waals surface area contributed by atoms with Gasteiger partial charge >= 0.3 is 6.09 Å². The summed E-state index contributed by atoms with van der Waals surface area (Å²) in [5.41, 5.74) is 0.508. The first-order chi connectivity index (χ1) is 13.7. The van der Waals surface area contributed by atoms with E-state index in [9.17, 15) is 4.79 Å². The van der Waals surface area contributed by atoms with Gasteiger partial charge in [-0.1, -0.05) is 19.4 Å². The number of nitrogens with zero attached hydrogens (tertiary/aromatic N) is 1. The molecule has 29 heavy (non-hydrogen) atoms. The molecule has 1 rings (SSSR count). The number of carbonyl (C=O) groups is 1. The molecule has 1 unspecified atom stereocenters. The Kier molecular flexibility index (Phi) is 10.1. The maximum absolute atomic E-state index is 12.1. The molecule has 0 aliphatic rings. The lowest BCUT2D eigenvalue weighted by molar-refractivity contribution is 0.0502. The van der Waals surface area contributed by atoms with E-state index >= 15 is 0 Å².